The first kappa shape index (κ1) is 16.0. The molecule has 0 saturated heterocycles. The minimum atomic E-state index is -0.107. The summed E-state index contributed by atoms with van der Waals surface area (Å²) in [6.07, 6.45) is 6.87. The second kappa shape index (κ2) is 7.55. The van der Waals surface area contributed by atoms with E-state index in [0.717, 1.165) is 30.3 Å². The van der Waals surface area contributed by atoms with E-state index in [1.54, 1.807) is 0 Å². The summed E-state index contributed by atoms with van der Waals surface area (Å²) in [4.78, 5) is 0. The van der Waals surface area contributed by atoms with E-state index in [-0.39, 0.29) is 11.6 Å². The van der Waals surface area contributed by atoms with E-state index in [4.69, 9.17) is 10.6 Å². The Morgan fingerprint density at radius 2 is 2.10 bits per heavy atom. The summed E-state index contributed by atoms with van der Waals surface area (Å²) in [5.41, 5.74) is 4.20. The highest BCUT2D eigenvalue weighted by Crippen LogP contribution is 2.35. The fourth-order valence-corrected chi connectivity index (χ4v) is 3.77. The molecule has 112 valence electrons. The van der Waals surface area contributed by atoms with Crippen LogP contribution in [0, 0.1) is 0 Å². The van der Waals surface area contributed by atoms with E-state index < -0.39 is 0 Å². The number of rotatable bonds is 6. The minimum absolute atomic E-state index is 0.107. The lowest BCUT2D eigenvalue weighted by Gasteiger charge is -2.43. The predicted octanol–water partition coefficient (Wildman–Crippen LogP) is 3.56. The predicted molar refractivity (Wildman–Crippen MR) is 86.4 cm³/mol. The topological polar surface area (TPSA) is 47.3 Å². The van der Waals surface area contributed by atoms with E-state index >= 15 is 0 Å². The van der Waals surface area contributed by atoms with Gasteiger partial charge in [-0.2, -0.15) is 0 Å². The molecule has 20 heavy (non-hydrogen) atoms. The molecule has 3 nitrogen and oxygen atoms in total. The first-order chi connectivity index (χ1) is 9.70. The zero-order chi connectivity index (χ0) is 14.4. The van der Waals surface area contributed by atoms with Crippen LogP contribution in [0.5, 0.6) is 0 Å². The largest absolute Gasteiger partial charge is 0.374 e. The average Bonchev–Trinajstić information content (AvgIpc) is 2.46. The lowest BCUT2D eigenvalue weighted by Crippen LogP contribution is -2.57. The van der Waals surface area contributed by atoms with Crippen molar-refractivity contribution in [1.29, 1.82) is 0 Å². The molecule has 1 saturated carbocycles. The van der Waals surface area contributed by atoms with Crippen molar-refractivity contribution in [2.45, 2.75) is 57.1 Å². The average molecular weight is 341 g/mol. The van der Waals surface area contributed by atoms with Crippen LogP contribution in [0.2, 0.25) is 0 Å². The molecule has 1 aliphatic rings. The van der Waals surface area contributed by atoms with Crippen LogP contribution in [-0.2, 0) is 11.2 Å². The zero-order valence-electron chi connectivity index (χ0n) is 12.2. The Hall–Kier alpha value is -0.420. The van der Waals surface area contributed by atoms with Crippen molar-refractivity contribution in [3.8, 4) is 0 Å². The Kier molecular flexibility index (Phi) is 6.02. The van der Waals surface area contributed by atoms with Crippen LogP contribution >= 0.6 is 15.9 Å². The van der Waals surface area contributed by atoms with Crippen LogP contribution in [0.3, 0.4) is 0 Å². The van der Waals surface area contributed by atoms with Crippen LogP contribution in [0.25, 0.3) is 0 Å². The lowest BCUT2D eigenvalue weighted by molar-refractivity contribution is -0.0898. The maximum Gasteiger partial charge on any atom is 0.0851 e. The van der Waals surface area contributed by atoms with E-state index in [9.17, 15) is 0 Å². The number of nitrogens with two attached hydrogens (primary N) is 1. The third kappa shape index (κ3) is 3.82. The van der Waals surface area contributed by atoms with Gasteiger partial charge < -0.3 is 4.74 Å². The van der Waals surface area contributed by atoms with Gasteiger partial charge in [0.05, 0.1) is 11.6 Å². The van der Waals surface area contributed by atoms with E-state index in [2.05, 4.69) is 46.5 Å². The maximum absolute atomic E-state index is 6.17. The molecule has 1 unspecified atom stereocenters. The van der Waals surface area contributed by atoms with Gasteiger partial charge in [-0.1, -0.05) is 47.3 Å². The van der Waals surface area contributed by atoms with Gasteiger partial charge in [0.2, 0.25) is 0 Å². The molecule has 0 bridgehead atoms. The number of hydrazine groups is 1. The molecular weight excluding hydrogens is 316 g/mol. The van der Waals surface area contributed by atoms with Gasteiger partial charge in [0.15, 0.2) is 0 Å². The first-order valence-electron chi connectivity index (χ1n) is 7.55. The third-order valence-corrected chi connectivity index (χ3v) is 4.79. The van der Waals surface area contributed by atoms with Crippen molar-refractivity contribution in [2.24, 2.45) is 5.84 Å². The van der Waals surface area contributed by atoms with Crippen molar-refractivity contribution >= 4 is 15.9 Å². The van der Waals surface area contributed by atoms with Crippen LogP contribution < -0.4 is 11.3 Å². The molecule has 1 fully saturated rings. The third-order valence-electron chi connectivity index (χ3n) is 4.30. The van der Waals surface area contributed by atoms with Crippen LogP contribution in [0.4, 0.5) is 0 Å². The summed E-state index contributed by atoms with van der Waals surface area (Å²) < 4.78 is 7.28. The summed E-state index contributed by atoms with van der Waals surface area (Å²) in [6.45, 7) is 2.82. The van der Waals surface area contributed by atoms with Gasteiger partial charge in [-0.25, -0.2) is 0 Å². The highest BCUT2D eigenvalue weighted by atomic mass is 79.9. The molecule has 0 amide bonds. The van der Waals surface area contributed by atoms with Gasteiger partial charge >= 0.3 is 0 Å². The van der Waals surface area contributed by atoms with Gasteiger partial charge in [0.25, 0.3) is 0 Å². The van der Waals surface area contributed by atoms with Crippen LogP contribution in [0.15, 0.2) is 28.7 Å². The lowest BCUT2D eigenvalue weighted by atomic mass is 9.77. The Morgan fingerprint density at radius 3 is 2.70 bits per heavy atom. The van der Waals surface area contributed by atoms with Gasteiger partial charge in [-0.15, -0.1) is 0 Å². The fraction of sp³-hybridized carbons (Fsp3) is 0.625. The molecule has 4 heteroatoms. The van der Waals surface area contributed by atoms with E-state index in [1.165, 1.54) is 24.8 Å². The highest BCUT2D eigenvalue weighted by molar-refractivity contribution is 9.10. The van der Waals surface area contributed by atoms with Crippen molar-refractivity contribution in [3.05, 3.63) is 34.3 Å². The van der Waals surface area contributed by atoms with Crippen molar-refractivity contribution in [2.75, 3.05) is 6.61 Å². The molecule has 0 aliphatic heterocycles. The highest BCUT2D eigenvalue weighted by Gasteiger charge is 2.40. The first-order valence-corrected chi connectivity index (χ1v) is 8.34. The smallest absolute Gasteiger partial charge is 0.0851 e. The molecule has 0 spiro atoms. The quantitative estimate of drug-likeness (QED) is 0.614. The standard InChI is InChI=1S/C16H25BrN2O/c1-2-20-16(9-4-3-5-10-16)15(19-18)12-13-7-6-8-14(17)11-13/h6-8,11,15,19H,2-5,9-10,12,18H2,1H3. The monoisotopic (exact) mass is 340 g/mol. The van der Waals surface area contributed by atoms with Gasteiger partial charge in [-0.05, 0) is 43.9 Å². The van der Waals surface area contributed by atoms with Gasteiger partial charge in [0, 0.05) is 11.1 Å². The van der Waals surface area contributed by atoms with E-state index in [0.29, 0.717) is 0 Å². The summed E-state index contributed by atoms with van der Waals surface area (Å²) in [6, 6.07) is 8.59. The molecule has 0 aromatic heterocycles. The van der Waals surface area contributed by atoms with Crippen molar-refractivity contribution < 1.29 is 4.74 Å². The van der Waals surface area contributed by atoms with Crippen molar-refractivity contribution in [3.63, 3.8) is 0 Å². The van der Waals surface area contributed by atoms with Crippen LogP contribution in [-0.4, -0.2) is 18.2 Å². The molecule has 0 radical (unpaired) electrons. The number of hydrogen-bond donors (Lipinski definition) is 2. The summed E-state index contributed by atoms with van der Waals surface area (Å²) >= 11 is 3.53. The summed E-state index contributed by atoms with van der Waals surface area (Å²) in [5.74, 6) is 5.86. The van der Waals surface area contributed by atoms with Crippen molar-refractivity contribution in [1.82, 2.24) is 5.43 Å². The molecule has 1 aromatic rings. The second-order valence-electron chi connectivity index (χ2n) is 5.61. The normalized spacial score (nSPS) is 19.8. The summed E-state index contributed by atoms with van der Waals surface area (Å²) in [5, 5.41) is 0. The Balaban J connectivity index is 2.15. The zero-order valence-corrected chi connectivity index (χ0v) is 13.8. The molecule has 2 rings (SSSR count). The molecule has 1 aromatic carbocycles. The number of benzene rings is 1. The Bertz CT molecular complexity index is 413. The maximum atomic E-state index is 6.17. The number of hydrogen-bond acceptors (Lipinski definition) is 3. The number of halogens is 1. The minimum Gasteiger partial charge on any atom is -0.374 e. The fourth-order valence-electron chi connectivity index (χ4n) is 3.33. The van der Waals surface area contributed by atoms with Gasteiger partial charge in [0.1, 0.15) is 0 Å². The molecule has 0 heterocycles. The van der Waals surface area contributed by atoms with Gasteiger partial charge in [-0.3, -0.25) is 11.3 Å². The molecular formula is C16H25BrN2O. The van der Waals surface area contributed by atoms with Crippen LogP contribution in [0.1, 0.15) is 44.6 Å². The summed E-state index contributed by atoms with van der Waals surface area (Å²) in [7, 11) is 0. The SMILES string of the molecule is CCOC1(C(Cc2cccc(Br)c2)NN)CCCCC1. The number of nitrogens with one attached hydrogen (secondary N) is 1. The second-order valence-corrected chi connectivity index (χ2v) is 6.53. The Morgan fingerprint density at radius 1 is 1.35 bits per heavy atom. The molecule has 1 aliphatic carbocycles. The number of ether oxygens (including phenoxy) is 1. The molecule has 1 atom stereocenters. The Labute approximate surface area is 130 Å². The van der Waals surface area contributed by atoms with E-state index in [1.807, 2.05) is 6.07 Å². The molecule has 3 N–H and O–H groups in total.